The second kappa shape index (κ2) is 3.68. The van der Waals surface area contributed by atoms with Crippen molar-refractivity contribution in [1.29, 1.82) is 0 Å². The van der Waals surface area contributed by atoms with E-state index < -0.39 is 8.49 Å². The molecule has 0 aliphatic carbocycles. The van der Waals surface area contributed by atoms with Gasteiger partial charge >= 0.3 is 0 Å². The molecule has 3 heteroatoms. The summed E-state index contributed by atoms with van der Waals surface area (Å²) in [5.74, 6) is 0.710. The minimum atomic E-state index is -1.95. The molecule has 1 heterocycles. The predicted molar refractivity (Wildman–Crippen MR) is 52.6 cm³/mol. The third-order valence-corrected chi connectivity index (χ3v) is 4.16. The van der Waals surface area contributed by atoms with Gasteiger partial charge in [-0.15, -0.1) is 0 Å². The molecule has 0 bridgehead atoms. The van der Waals surface area contributed by atoms with Crippen molar-refractivity contribution in [2.45, 2.75) is 32.6 Å². The molecule has 1 nitrogen and oxygen atoms in total. The highest BCUT2D eigenvalue weighted by Gasteiger charge is 2.13. The van der Waals surface area contributed by atoms with Crippen LogP contribution < -0.4 is 0 Å². The van der Waals surface area contributed by atoms with Crippen LogP contribution in [0.2, 0.25) is 0 Å². The number of hydrogen-bond acceptors (Lipinski definition) is 2. The molecular formula is C8H14OS2. The Morgan fingerprint density at radius 2 is 2.45 bits per heavy atom. The summed E-state index contributed by atoms with van der Waals surface area (Å²) in [6.45, 7) is 2.17. The molecule has 0 radical (unpaired) electrons. The van der Waals surface area contributed by atoms with E-state index in [-0.39, 0.29) is 0 Å². The molecule has 0 saturated heterocycles. The second-order valence-corrected chi connectivity index (χ2v) is 6.66. The summed E-state index contributed by atoms with van der Waals surface area (Å²) in [4.78, 5) is 0. The van der Waals surface area contributed by atoms with E-state index in [1.54, 1.807) is 0 Å². The van der Waals surface area contributed by atoms with E-state index in [1.165, 1.54) is 18.4 Å². The van der Waals surface area contributed by atoms with Gasteiger partial charge in [0.1, 0.15) is 0 Å². The third-order valence-electron chi connectivity index (χ3n) is 1.91. The maximum Gasteiger partial charge on any atom is 0.0524 e. The van der Waals surface area contributed by atoms with Crippen LogP contribution >= 0.6 is 0 Å². The van der Waals surface area contributed by atoms with Gasteiger partial charge in [0.05, 0.1) is 8.49 Å². The Labute approximate surface area is 73.6 Å². The van der Waals surface area contributed by atoms with Crippen molar-refractivity contribution < 1.29 is 4.21 Å². The summed E-state index contributed by atoms with van der Waals surface area (Å²) in [7, 11) is -1.95. The fourth-order valence-corrected chi connectivity index (χ4v) is 3.30. The molecule has 1 atom stereocenters. The van der Waals surface area contributed by atoms with Crippen LogP contribution in [0.3, 0.4) is 0 Å². The number of allylic oxidation sites excluding steroid dienone is 1. The largest absolute Gasteiger partial charge is 0.252 e. The van der Waals surface area contributed by atoms with Gasteiger partial charge in [0.25, 0.3) is 0 Å². The zero-order valence-corrected chi connectivity index (χ0v) is 8.47. The lowest BCUT2D eigenvalue weighted by Gasteiger charge is -1.95. The van der Waals surface area contributed by atoms with E-state index in [9.17, 15) is 4.21 Å². The van der Waals surface area contributed by atoms with E-state index in [2.05, 4.69) is 6.92 Å². The first kappa shape index (κ1) is 9.20. The van der Waals surface area contributed by atoms with E-state index >= 15 is 0 Å². The quantitative estimate of drug-likeness (QED) is 0.679. The molecule has 1 unspecified atom stereocenters. The summed E-state index contributed by atoms with van der Waals surface area (Å²) >= 11 is 4.89. The standard InChI is InChI=1S/C8H14OS2/c1-2-3-4-8-5-6-11(9,10)7-8/h7H,2-6H2,1H3. The minimum absolute atomic E-state index is 0.710. The van der Waals surface area contributed by atoms with Crippen LogP contribution in [0.1, 0.15) is 32.6 Å². The molecule has 1 rings (SSSR count). The molecule has 0 aromatic heterocycles. The van der Waals surface area contributed by atoms with Crippen molar-refractivity contribution in [2.24, 2.45) is 0 Å². The number of rotatable bonds is 3. The van der Waals surface area contributed by atoms with Crippen molar-refractivity contribution in [3.63, 3.8) is 0 Å². The Hall–Kier alpha value is 0.110. The van der Waals surface area contributed by atoms with Crippen molar-refractivity contribution in [3.05, 3.63) is 11.0 Å². The molecular weight excluding hydrogens is 176 g/mol. The molecule has 11 heavy (non-hydrogen) atoms. The molecule has 0 aromatic carbocycles. The molecule has 1 aliphatic heterocycles. The van der Waals surface area contributed by atoms with Crippen LogP contribution in [0.25, 0.3) is 0 Å². The molecule has 0 aromatic rings. The van der Waals surface area contributed by atoms with Gasteiger partial charge < -0.3 is 0 Å². The normalized spacial score (nSPS) is 30.5. The molecule has 0 N–H and O–H groups in total. The minimum Gasteiger partial charge on any atom is -0.252 e. The highest BCUT2D eigenvalue weighted by Crippen LogP contribution is 2.21. The molecule has 0 amide bonds. The van der Waals surface area contributed by atoms with E-state index in [1.807, 2.05) is 5.41 Å². The first-order valence-corrected chi connectivity index (χ1v) is 6.78. The number of unbranched alkanes of at least 4 members (excludes halogenated alkanes) is 1. The van der Waals surface area contributed by atoms with Gasteiger partial charge in [0, 0.05) is 11.2 Å². The van der Waals surface area contributed by atoms with E-state index in [0.717, 1.165) is 12.8 Å². The molecule has 1 aliphatic rings. The van der Waals surface area contributed by atoms with Crippen LogP contribution in [0, 0.1) is 0 Å². The monoisotopic (exact) mass is 190 g/mol. The summed E-state index contributed by atoms with van der Waals surface area (Å²) in [5, 5.41) is 1.83. The van der Waals surface area contributed by atoms with Crippen LogP contribution in [0.15, 0.2) is 11.0 Å². The van der Waals surface area contributed by atoms with Gasteiger partial charge in [-0.05, 0) is 30.5 Å². The van der Waals surface area contributed by atoms with Crippen LogP contribution in [-0.2, 0) is 19.7 Å². The third kappa shape index (κ3) is 2.91. The molecule has 64 valence electrons. The Morgan fingerprint density at radius 3 is 2.91 bits per heavy atom. The first-order valence-electron chi connectivity index (χ1n) is 4.06. The summed E-state index contributed by atoms with van der Waals surface area (Å²) in [6, 6.07) is 0. The Balaban J connectivity index is 2.50. The topological polar surface area (TPSA) is 17.1 Å². The second-order valence-electron chi connectivity index (χ2n) is 3.00. The van der Waals surface area contributed by atoms with E-state index in [4.69, 9.17) is 11.2 Å². The van der Waals surface area contributed by atoms with Gasteiger partial charge in [-0.3, -0.25) is 4.21 Å². The smallest absolute Gasteiger partial charge is 0.0524 e. The SMILES string of the molecule is CCCCC1=CS(=O)(=S)CC1. The van der Waals surface area contributed by atoms with Gasteiger partial charge in [0.2, 0.25) is 0 Å². The fourth-order valence-electron chi connectivity index (χ4n) is 1.23. The predicted octanol–water partition coefficient (Wildman–Crippen LogP) is 2.21. The average Bonchev–Trinajstić information content (AvgIpc) is 2.26. The molecule has 0 spiro atoms. The van der Waals surface area contributed by atoms with Crippen molar-refractivity contribution >= 4 is 19.7 Å². The fraction of sp³-hybridized carbons (Fsp3) is 0.750. The Morgan fingerprint density at radius 1 is 1.73 bits per heavy atom. The Bertz CT molecular complexity index is 249. The maximum atomic E-state index is 11.3. The van der Waals surface area contributed by atoms with Crippen LogP contribution in [-0.4, -0.2) is 9.96 Å². The highest BCUT2D eigenvalue weighted by molar-refractivity contribution is 8.34. The van der Waals surface area contributed by atoms with Crippen molar-refractivity contribution in [3.8, 4) is 0 Å². The van der Waals surface area contributed by atoms with Gasteiger partial charge in [-0.1, -0.05) is 18.9 Å². The lowest BCUT2D eigenvalue weighted by atomic mass is 10.1. The van der Waals surface area contributed by atoms with E-state index in [0.29, 0.717) is 5.75 Å². The lowest BCUT2D eigenvalue weighted by Crippen LogP contribution is -1.90. The van der Waals surface area contributed by atoms with Gasteiger partial charge in [-0.2, -0.15) is 0 Å². The molecule has 0 fully saturated rings. The maximum absolute atomic E-state index is 11.3. The van der Waals surface area contributed by atoms with Crippen LogP contribution in [0.5, 0.6) is 0 Å². The van der Waals surface area contributed by atoms with Crippen molar-refractivity contribution in [1.82, 2.24) is 0 Å². The lowest BCUT2D eigenvalue weighted by molar-refractivity contribution is 0.688. The zero-order chi connectivity index (χ0) is 8.32. The molecule has 0 saturated carbocycles. The summed E-state index contributed by atoms with van der Waals surface area (Å²) < 4.78 is 11.3. The zero-order valence-electron chi connectivity index (χ0n) is 6.84. The number of hydrogen-bond donors (Lipinski definition) is 0. The Kier molecular flexibility index (Phi) is 3.07. The summed E-state index contributed by atoms with van der Waals surface area (Å²) in [5.41, 5.74) is 1.33. The first-order chi connectivity index (χ1) is 5.14. The summed E-state index contributed by atoms with van der Waals surface area (Å²) in [6.07, 6.45) is 4.49. The van der Waals surface area contributed by atoms with Crippen molar-refractivity contribution in [2.75, 3.05) is 5.75 Å². The van der Waals surface area contributed by atoms with Crippen LogP contribution in [0.4, 0.5) is 0 Å². The van der Waals surface area contributed by atoms with Gasteiger partial charge in [-0.25, -0.2) is 0 Å². The highest BCUT2D eigenvalue weighted by atomic mass is 32.8. The van der Waals surface area contributed by atoms with Gasteiger partial charge in [0.15, 0.2) is 0 Å². The average molecular weight is 190 g/mol.